The van der Waals surface area contributed by atoms with Gasteiger partial charge in [-0.25, -0.2) is 14.8 Å². The number of hydrogen-bond acceptors (Lipinski definition) is 8. The second kappa shape index (κ2) is 13.2. The van der Waals surface area contributed by atoms with Gasteiger partial charge in [0.1, 0.15) is 39.5 Å². The Bertz CT molecular complexity index is 1870. The van der Waals surface area contributed by atoms with Crippen LogP contribution in [-0.2, 0) is 17.3 Å². The summed E-state index contributed by atoms with van der Waals surface area (Å²) in [5.74, 6) is 0.247. The molecule has 2 amide bonds. The summed E-state index contributed by atoms with van der Waals surface area (Å²) in [4.78, 5) is 38.1. The van der Waals surface area contributed by atoms with Crippen LogP contribution in [0.5, 0.6) is 5.75 Å². The van der Waals surface area contributed by atoms with Gasteiger partial charge in [-0.05, 0) is 51.5 Å². The lowest BCUT2D eigenvalue weighted by Crippen LogP contribution is -2.50. The second-order valence-electron chi connectivity index (χ2n) is 13.0. The molecule has 1 aliphatic carbocycles. The number of fused-ring (bicyclic) bond motifs is 1. The summed E-state index contributed by atoms with van der Waals surface area (Å²) in [6, 6.07) is 10.8. The van der Waals surface area contributed by atoms with E-state index in [9.17, 15) is 22.8 Å². The number of nitrogens with zero attached hydrogens (tertiary/aromatic N) is 5. The van der Waals surface area contributed by atoms with E-state index in [2.05, 4.69) is 22.0 Å². The number of benzene rings is 1. The van der Waals surface area contributed by atoms with Gasteiger partial charge in [-0.1, -0.05) is 30.3 Å². The molecule has 1 aromatic carbocycles. The van der Waals surface area contributed by atoms with E-state index >= 15 is 0 Å². The number of ether oxygens (including phenoxy) is 2. The van der Waals surface area contributed by atoms with Crippen LogP contribution in [0.1, 0.15) is 77.5 Å². The summed E-state index contributed by atoms with van der Waals surface area (Å²) in [5, 5.41) is 0.592. The molecule has 4 heterocycles. The number of primary amides is 1. The first-order valence-corrected chi connectivity index (χ1v) is 16.7. The molecule has 10 nitrogen and oxygen atoms in total. The number of hydrogen-bond donors (Lipinski definition) is 1. The molecule has 1 unspecified atom stereocenters. The standard InChI is InChI=1S/C35H37F3N6O4S/c1-21(24-7-5-6-8-25(24)35(36,37)38)47-28-18-30(49-31(28)32(39)45)44-20-41-26-17-22(9-11-27(26)44)23-10-12-29(40-19-23)42-13-15-43(16-14-42)33(46)48-34(2,3)4/h5-12,18-22H,13-17H2,1-4H3,(H2,39,45)/t21-,22?/m1/s1. The minimum absolute atomic E-state index is 0.0411. The van der Waals surface area contributed by atoms with E-state index in [1.54, 1.807) is 17.3 Å². The number of allylic oxidation sites excluding steroid dienone is 1. The topological polar surface area (TPSA) is 116 Å². The molecular formula is C35H37F3N6O4S. The van der Waals surface area contributed by atoms with E-state index in [0.717, 1.165) is 40.2 Å². The molecule has 14 heteroatoms. The zero-order valence-electron chi connectivity index (χ0n) is 27.5. The number of aromatic nitrogens is 3. The summed E-state index contributed by atoms with van der Waals surface area (Å²) in [5.41, 5.74) is 6.97. The van der Waals surface area contributed by atoms with E-state index in [1.165, 1.54) is 25.1 Å². The van der Waals surface area contributed by atoms with Crippen molar-refractivity contribution >= 4 is 35.2 Å². The summed E-state index contributed by atoms with van der Waals surface area (Å²) in [6.07, 6.45) is 2.32. The predicted molar refractivity (Wildman–Crippen MR) is 180 cm³/mol. The Morgan fingerprint density at radius 3 is 2.43 bits per heavy atom. The Balaban J connectivity index is 1.14. The molecule has 1 aliphatic heterocycles. The fraction of sp³-hybridized carbons (Fsp3) is 0.371. The van der Waals surface area contributed by atoms with Crippen LogP contribution in [0, 0.1) is 0 Å². The smallest absolute Gasteiger partial charge is 0.416 e. The zero-order valence-corrected chi connectivity index (χ0v) is 28.3. The van der Waals surface area contributed by atoms with Gasteiger partial charge < -0.3 is 25.0 Å². The highest BCUT2D eigenvalue weighted by Gasteiger charge is 2.35. The third-order valence-corrected chi connectivity index (χ3v) is 9.52. The summed E-state index contributed by atoms with van der Waals surface area (Å²) in [6.45, 7) is 9.49. The first-order chi connectivity index (χ1) is 23.2. The fourth-order valence-electron chi connectivity index (χ4n) is 5.97. The molecule has 3 aromatic heterocycles. The molecule has 1 fully saturated rings. The van der Waals surface area contributed by atoms with Crippen molar-refractivity contribution in [1.82, 2.24) is 19.4 Å². The molecular weight excluding hydrogens is 657 g/mol. The molecule has 49 heavy (non-hydrogen) atoms. The average molecular weight is 695 g/mol. The van der Waals surface area contributed by atoms with E-state index in [1.807, 2.05) is 43.7 Å². The van der Waals surface area contributed by atoms with Crippen molar-refractivity contribution in [2.45, 2.75) is 57.9 Å². The number of thiophene rings is 1. The normalized spacial score (nSPS) is 17.1. The van der Waals surface area contributed by atoms with Crippen molar-refractivity contribution in [3.63, 3.8) is 0 Å². The Labute approximate surface area is 286 Å². The highest BCUT2D eigenvalue weighted by molar-refractivity contribution is 7.16. The average Bonchev–Trinajstić information content (AvgIpc) is 3.67. The van der Waals surface area contributed by atoms with Gasteiger partial charge in [0, 0.05) is 56.3 Å². The van der Waals surface area contributed by atoms with Crippen molar-refractivity contribution in [2.75, 3.05) is 31.1 Å². The Morgan fingerprint density at radius 1 is 1.04 bits per heavy atom. The minimum Gasteiger partial charge on any atom is -0.484 e. The monoisotopic (exact) mass is 694 g/mol. The van der Waals surface area contributed by atoms with Crippen molar-refractivity contribution in [2.24, 2.45) is 5.73 Å². The van der Waals surface area contributed by atoms with Crippen LogP contribution in [0.25, 0.3) is 11.1 Å². The fourth-order valence-corrected chi connectivity index (χ4v) is 6.90. The number of carbonyl (C=O) groups excluding carboxylic acids is 2. The molecule has 258 valence electrons. The van der Waals surface area contributed by atoms with Crippen molar-refractivity contribution in [3.8, 4) is 10.8 Å². The lowest BCUT2D eigenvalue weighted by atomic mass is 9.90. The number of pyridine rings is 1. The van der Waals surface area contributed by atoms with Crippen LogP contribution in [-0.4, -0.2) is 63.2 Å². The van der Waals surface area contributed by atoms with Gasteiger partial charge in [0.25, 0.3) is 5.91 Å². The number of imidazole rings is 1. The van der Waals surface area contributed by atoms with E-state index < -0.39 is 29.4 Å². The first-order valence-electron chi connectivity index (χ1n) is 15.9. The third-order valence-electron chi connectivity index (χ3n) is 8.39. The molecule has 2 aliphatic rings. The van der Waals surface area contributed by atoms with Crippen LogP contribution in [0.4, 0.5) is 23.8 Å². The van der Waals surface area contributed by atoms with E-state index in [0.29, 0.717) is 37.6 Å². The van der Waals surface area contributed by atoms with Crippen LogP contribution in [0.15, 0.2) is 61.1 Å². The van der Waals surface area contributed by atoms with Crippen molar-refractivity contribution in [1.29, 1.82) is 0 Å². The molecule has 0 bridgehead atoms. The number of nitrogens with two attached hydrogens (primary N) is 1. The number of anilines is 1. The van der Waals surface area contributed by atoms with Gasteiger partial charge in [0.2, 0.25) is 0 Å². The minimum atomic E-state index is -4.56. The van der Waals surface area contributed by atoms with Gasteiger partial charge in [0.05, 0.1) is 17.0 Å². The maximum Gasteiger partial charge on any atom is 0.416 e. The lowest BCUT2D eigenvalue weighted by molar-refractivity contribution is -0.139. The quantitative estimate of drug-likeness (QED) is 0.222. The number of halogens is 3. The van der Waals surface area contributed by atoms with Crippen LogP contribution in [0.2, 0.25) is 0 Å². The Hall–Kier alpha value is -4.85. The number of rotatable bonds is 7. The number of carbonyl (C=O) groups is 2. The number of alkyl halides is 3. The highest BCUT2D eigenvalue weighted by Crippen LogP contribution is 2.40. The maximum atomic E-state index is 13.6. The zero-order chi connectivity index (χ0) is 35.1. The van der Waals surface area contributed by atoms with Gasteiger partial charge in [0.15, 0.2) is 0 Å². The molecule has 0 saturated carbocycles. The third kappa shape index (κ3) is 7.43. The molecule has 2 N–H and O–H groups in total. The van der Waals surface area contributed by atoms with E-state index in [4.69, 9.17) is 20.2 Å². The Kier molecular flexibility index (Phi) is 9.18. The first kappa shape index (κ1) is 34.0. The molecule has 6 rings (SSSR count). The maximum absolute atomic E-state index is 13.6. The SMILES string of the molecule is C[C@@H](Oc1cc(-n2cnc3c2C=CC(c2ccc(N4CCN(C(=O)OC(C)(C)C)CC4)nc2)C3)sc1C(N)=O)c1ccccc1C(F)(F)F. The molecule has 0 spiro atoms. The number of amides is 2. The summed E-state index contributed by atoms with van der Waals surface area (Å²) >= 11 is 1.09. The van der Waals surface area contributed by atoms with Gasteiger partial charge in [-0.3, -0.25) is 9.36 Å². The van der Waals surface area contributed by atoms with E-state index in [-0.39, 0.29) is 28.2 Å². The second-order valence-corrected chi connectivity index (χ2v) is 14.0. The molecule has 4 aromatic rings. The Morgan fingerprint density at radius 2 is 1.78 bits per heavy atom. The van der Waals surface area contributed by atoms with Crippen LogP contribution < -0.4 is 15.4 Å². The number of piperazine rings is 1. The van der Waals surface area contributed by atoms with Gasteiger partial charge >= 0.3 is 12.3 Å². The van der Waals surface area contributed by atoms with Gasteiger partial charge in [-0.15, -0.1) is 11.3 Å². The van der Waals surface area contributed by atoms with Crippen LogP contribution >= 0.6 is 11.3 Å². The predicted octanol–water partition coefficient (Wildman–Crippen LogP) is 7.00. The molecule has 2 atom stereocenters. The molecule has 0 radical (unpaired) electrons. The van der Waals surface area contributed by atoms with Crippen molar-refractivity contribution in [3.05, 3.63) is 94.0 Å². The molecule has 1 saturated heterocycles. The summed E-state index contributed by atoms with van der Waals surface area (Å²) in [7, 11) is 0. The van der Waals surface area contributed by atoms with Gasteiger partial charge in [-0.2, -0.15) is 13.2 Å². The summed E-state index contributed by atoms with van der Waals surface area (Å²) < 4.78 is 54.2. The lowest BCUT2D eigenvalue weighted by Gasteiger charge is -2.36. The largest absolute Gasteiger partial charge is 0.484 e. The highest BCUT2D eigenvalue weighted by atomic mass is 32.1. The van der Waals surface area contributed by atoms with Crippen LogP contribution in [0.3, 0.4) is 0 Å². The van der Waals surface area contributed by atoms with Crippen molar-refractivity contribution < 1.29 is 32.2 Å².